The monoisotopic (exact) mass is 549 g/mol. The summed E-state index contributed by atoms with van der Waals surface area (Å²) >= 11 is 0. The second-order valence-electron chi connectivity index (χ2n) is 9.66. The van der Waals surface area contributed by atoms with Crippen molar-refractivity contribution < 1.29 is 32.3 Å². The molecule has 4 amide bonds. The van der Waals surface area contributed by atoms with Crippen LogP contribution in [0, 0.1) is 5.92 Å². The van der Waals surface area contributed by atoms with Crippen molar-refractivity contribution in [1.29, 1.82) is 0 Å². The van der Waals surface area contributed by atoms with E-state index in [9.17, 15) is 32.3 Å². The molecule has 1 aromatic carbocycles. The lowest BCUT2D eigenvalue weighted by Crippen LogP contribution is -2.46. The molecule has 0 spiro atoms. The van der Waals surface area contributed by atoms with Crippen LogP contribution < -0.4 is 16.0 Å². The Morgan fingerprint density at radius 2 is 1.92 bits per heavy atom. The Hall–Kier alpha value is -3.94. The third-order valence-electron chi connectivity index (χ3n) is 6.65. The maximum Gasteiger partial charge on any atom is 0.390 e. The van der Waals surface area contributed by atoms with Crippen LogP contribution in [0.4, 0.5) is 19.0 Å². The first-order valence-corrected chi connectivity index (χ1v) is 12.6. The highest BCUT2D eigenvalue weighted by atomic mass is 19.4. The lowest BCUT2D eigenvalue weighted by atomic mass is 9.98. The fourth-order valence-corrected chi connectivity index (χ4v) is 4.61. The first kappa shape index (κ1) is 28.1. The number of fused-ring (bicyclic) bond motifs is 2. The highest BCUT2D eigenvalue weighted by Crippen LogP contribution is 2.30. The van der Waals surface area contributed by atoms with Gasteiger partial charge in [-0.15, -0.1) is 0 Å². The maximum absolute atomic E-state index is 13.3. The molecule has 210 valence electrons. The SMILES string of the molecule is C[C@H](CC(=O)Nc1cc(C(=O)NCCC(F)(F)F)nn1C)C(=O)N[C@@H]1C(=O)N2CCCN2Cc2ccccc21. The van der Waals surface area contributed by atoms with Crippen LogP contribution in [0.1, 0.15) is 53.8 Å². The van der Waals surface area contributed by atoms with Gasteiger partial charge in [-0.05, 0) is 17.5 Å². The molecule has 0 bridgehead atoms. The molecule has 14 heteroatoms. The molecule has 3 heterocycles. The third kappa shape index (κ3) is 6.74. The number of hydrogen-bond donors (Lipinski definition) is 3. The van der Waals surface area contributed by atoms with Crippen molar-refractivity contribution >= 4 is 29.4 Å². The Morgan fingerprint density at radius 3 is 2.67 bits per heavy atom. The average Bonchev–Trinajstić information content (AvgIpc) is 3.45. The minimum absolute atomic E-state index is 0.135. The molecule has 0 radical (unpaired) electrons. The molecule has 4 rings (SSSR count). The van der Waals surface area contributed by atoms with Crippen LogP contribution in [0.25, 0.3) is 0 Å². The number of benzene rings is 1. The number of carbonyl (C=O) groups excluding carboxylic acids is 4. The average molecular weight is 550 g/mol. The molecule has 1 aromatic heterocycles. The summed E-state index contributed by atoms with van der Waals surface area (Å²) in [6, 6.07) is 7.80. The van der Waals surface area contributed by atoms with E-state index < -0.39 is 48.8 Å². The van der Waals surface area contributed by atoms with Crippen molar-refractivity contribution in [2.24, 2.45) is 13.0 Å². The molecule has 0 aliphatic carbocycles. The second-order valence-corrected chi connectivity index (χ2v) is 9.66. The molecule has 2 atom stereocenters. The third-order valence-corrected chi connectivity index (χ3v) is 6.65. The summed E-state index contributed by atoms with van der Waals surface area (Å²) in [6.07, 6.45) is -4.96. The van der Waals surface area contributed by atoms with E-state index in [1.54, 1.807) is 11.9 Å². The molecular weight excluding hydrogens is 519 g/mol. The number of nitrogens with one attached hydrogen (secondary N) is 3. The topological polar surface area (TPSA) is 129 Å². The van der Waals surface area contributed by atoms with Crippen LogP contribution in [0.2, 0.25) is 0 Å². The van der Waals surface area contributed by atoms with Gasteiger partial charge in [0.15, 0.2) is 5.69 Å². The fraction of sp³-hybridized carbons (Fsp3) is 0.480. The summed E-state index contributed by atoms with van der Waals surface area (Å²) in [7, 11) is 1.45. The van der Waals surface area contributed by atoms with E-state index in [2.05, 4.69) is 21.0 Å². The van der Waals surface area contributed by atoms with Gasteiger partial charge >= 0.3 is 6.18 Å². The molecule has 3 N–H and O–H groups in total. The zero-order chi connectivity index (χ0) is 28.3. The van der Waals surface area contributed by atoms with Crippen LogP contribution in [0.15, 0.2) is 30.3 Å². The number of halogens is 3. The molecule has 0 unspecified atom stereocenters. The molecule has 2 aliphatic heterocycles. The van der Waals surface area contributed by atoms with Crippen molar-refractivity contribution in [3.63, 3.8) is 0 Å². The number of alkyl halides is 3. The summed E-state index contributed by atoms with van der Waals surface area (Å²) in [5.74, 6) is -2.70. The minimum Gasteiger partial charge on any atom is -0.350 e. The van der Waals surface area contributed by atoms with Gasteiger partial charge in [-0.2, -0.15) is 18.3 Å². The number of hydrogen-bond acceptors (Lipinski definition) is 6. The van der Waals surface area contributed by atoms with E-state index in [1.807, 2.05) is 29.3 Å². The maximum atomic E-state index is 13.3. The Labute approximate surface area is 222 Å². The van der Waals surface area contributed by atoms with Crippen molar-refractivity contribution in [2.75, 3.05) is 25.0 Å². The zero-order valence-electron chi connectivity index (χ0n) is 21.5. The number of hydrazine groups is 1. The van der Waals surface area contributed by atoms with Gasteiger partial charge < -0.3 is 16.0 Å². The van der Waals surface area contributed by atoms with Crippen LogP contribution in [-0.2, 0) is 28.0 Å². The van der Waals surface area contributed by atoms with Gasteiger partial charge in [-0.1, -0.05) is 31.2 Å². The predicted molar refractivity (Wildman–Crippen MR) is 133 cm³/mol. The normalized spacial score (nSPS) is 18.1. The molecule has 1 saturated heterocycles. The summed E-state index contributed by atoms with van der Waals surface area (Å²) in [5.41, 5.74) is 1.50. The van der Waals surface area contributed by atoms with Crippen LogP contribution >= 0.6 is 0 Å². The summed E-state index contributed by atoms with van der Waals surface area (Å²) in [4.78, 5) is 51.1. The molecule has 11 nitrogen and oxygen atoms in total. The summed E-state index contributed by atoms with van der Waals surface area (Å²) in [6.45, 7) is 2.86. The standard InChI is InChI=1S/C25H30F3N7O4/c1-15(12-20(36)30-19-13-18(32-33(19)2)23(38)29-9-8-25(26,27)28)22(37)31-21-17-7-4-3-6-16(17)14-34-10-5-11-35(34)24(21)39/h3-4,6-7,13,15,21H,5,8-12,14H2,1-2H3,(H,29,38)(H,30,36)(H,31,37)/t15-,21+/m1/s1. The van der Waals surface area contributed by atoms with Crippen molar-refractivity contribution in [1.82, 2.24) is 30.4 Å². The number of amides is 4. The molecule has 2 aliphatic rings. The van der Waals surface area contributed by atoms with Crippen molar-refractivity contribution in [3.8, 4) is 0 Å². The highest BCUT2D eigenvalue weighted by Gasteiger charge is 2.38. The van der Waals surface area contributed by atoms with Gasteiger partial charge in [0.2, 0.25) is 11.8 Å². The quantitative estimate of drug-likeness (QED) is 0.462. The molecular formula is C25H30F3N7O4. The van der Waals surface area contributed by atoms with Gasteiger partial charge in [-0.3, -0.25) is 28.9 Å². The van der Waals surface area contributed by atoms with Gasteiger partial charge in [0.1, 0.15) is 11.9 Å². The Kier molecular flexibility index (Phi) is 8.23. The summed E-state index contributed by atoms with van der Waals surface area (Å²) < 4.78 is 38.1. The van der Waals surface area contributed by atoms with E-state index in [1.165, 1.54) is 17.8 Å². The van der Waals surface area contributed by atoms with Crippen molar-refractivity contribution in [2.45, 2.75) is 44.9 Å². The lowest BCUT2D eigenvalue weighted by Gasteiger charge is -2.28. The van der Waals surface area contributed by atoms with Gasteiger partial charge in [0.25, 0.3) is 11.8 Å². The number of nitrogens with zero attached hydrogens (tertiary/aromatic N) is 4. The first-order valence-electron chi connectivity index (χ1n) is 12.6. The van der Waals surface area contributed by atoms with Crippen molar-refractivity contribution in [3.05, 3.63) is 47.2 Å². The Bertz CT molecular complexity index is 1260. The van der Waals surface area contributed by atoms with Crippen LogP contribution in [0.3, 0.4) is 0 Å². The number of aryl methyl sites for hydroxylation is 1. The largest absolute Gasteiger partial charge is 0.390 e. The molecule has 2 aromatic rings. The number of rotatable bonds is 8. The number of aromatic nitrogens is 2. The van der Waals surface area contributed by atoms with Gasteiger partial charge in [-0.25, -0.2) is 5.01 Å². The fourth-order valence-electron chi connectivity index (χ4n) is 4.61. The zero-order valence-corrected chi connectivity index (χ0v) is 21.5. The molecule has 1 fully saturated rings. The first-order chi connectivity index (χ1) is 18.4. The van der Waals surface area contributed by atoms with E-state index in [4.69, 9.17) is 0 Å². The number of anilines is 1. The van der Waals surface area contributed by atoms with E-state index >= 15 is 0 Å². The highest BCUT2D eigenvalue weighted by molar-refractivity contribution is 5.97. The molecule has 39 heavy (non-hydrogen) atoms. The predicted octanol–water partition coefficient (Wildman–Crippen LogP) is 1.89. The summed E-state index contributed by atoms with van der Waals surface area (Å²) in [5, 5.41) is 15.1. The van der Waals surface area contributed by atoms with E-state index in [0.717, 1.165) is 24.1 Å². The van der Waals surface area contributed by atoms with Crippen LogP contribution in [-0.4, -0.2) is 69.2 Å². The Morgan fingerprint density at radius 1 is 1.18 bits per heavy atom. The minimum atomic E-state index is -4.40. The lowest BCUT2D eigenvalue weighted by molar-refractivity contribution is -0.148. The van der Waals surface area contributed by atoms with Crippen LogP contribution in [0.5, 0.6) is 0 Å². The van der Waals surface area contributed by atoms with Gasteiger partial charge in [0.05, 0.1) is 6.42 Å². The number of carbonyl (C=O) groups is 4. The second kappa shape index (κ2) is 11.4. The van der Waals surface area contributed by atoms with E-state index in [-0.39, 0.29) is 23.8 Å². The molecule has 0 saturated carbocycles. The Balaban J connectivity index is 1.35. The van der Waals surface area contributed by atoms with Gasteiger partial charge in [0, 0.05) is 51.6 Å². The smallest absolute Gasteiger partial charge is 0.350 e. The van der Waals surface area contributed by atoms with E-state index in [0.29, 0.717) is 13.1 Å².